The second-order valence-corrected chi connectivity index (χ2v) is 5.60. The van der Waals surface area contributed by atoms with Crippen LogP contribution in [0.15, 0.2) is 52.9 Å². The molecule has 0 aliphatic rings. The molecule has 0 radical (unpaired) electrons. The lowest BCUT2D eigenvalue weighted by Gasteiger charge is -2.12. The number of anilines is 2. The molecule has 3 aromatic rings. The normalized spacial score (nSPS) is 10.5. The largest absolute Gasteiger partial charge is 0.421 e. The molecule has 3 rings (SSSR count). The number of nitrogens with one attached hydrogen (secondary N) is 1. The molecule has 1 heterocycles. The Labute approximate surface area is 140 Å². The molecule has 0 saturated heterocycles. The van der Waals surface area contributed by atoms with E-state index in [1.807, 2.05) is 49.3 Å². The Morgan fingerprint density at radius 1 is 1.08 bits per heavy atom. The molecule has 0 aliphatic carbocycles. The number of aryl methyl sites for hydroxylation is 1. The number of amides is 1. The van der Waals surface area contributed by atoms with Gasteiger partial charge in [0.2, 0.25) is 11.8 Å². The molecule has 0 saturated carbocycles. The van der Waals surface area contributed by atoms with E-state index in [4.69, 9.17) is 4.42 Å². The molecule has 0 unspecified atom stereocenters. The maximum absolute atomic E-state index is 12.4. The molecule has 6 heteroatoms. The van der Waals surface area contributed by atoms with Gasteiger partial charge in [0.05, 0.1) is 0 Å². The molecule has 0 bridgehead atoms. The van der Waals surface area contributed by atoms with Crippen LogP contribution in [0.4, 0.5) is 11.4 Å². The van der Waals surface area contributed by atoms with Gasteiger partial charge in [-0.25, -0.2) is 0 Å². The van der Waals surface area contributed by atoms with Crippen LogP contribution in [-0.2, 0) is 0 Å². The maximum Gasteiger partial charge on any atom is 0.255 e. The number of carbonyl (C=O) groups is 1. The summed E-state index contributed by atoms with van der Waals surface area (Å²) >= 11 is 0. The Bertz CT molecular complexity index is 853. The second-order valence-electron chi connectivity index (χ2n) is 5.60. The lowest BCUT2D eigenvalue weighted by Crippen LogP contribution is -2.13. The predicted octanol–water partition coefficient (Wildman–Crippen LogP) is 3.36. The highest BCUT2D eigenvalue weighted by Crippen LogP contribution is 2.22. The van der Waals surface area contributed by atoms with Gasteiger partial charge in [0.15, 0.2) is 0 Å². The summed E-state index contributed by atoms with van der Waals surface area (Å²) < 4.78 is 5.41. The van der Waals surface area contributed by atoms with Crippen LogP contribution in [0.1, 0.15) is 16.2 Å². The number of benzene rings is 2. The Morgan fingerprint density at radius 2 is 1.83 bits per heavy atom. The van der Waals surface area contributed by atoms with Crippen LogP contribution < -0.4 is 10.2 Å². The number of hydrogen-bond donors (Lipinski definition) is 1. The van der Waals surface area contributed by atoms with Crippen LogP contribution in [0, 0.1) is 6.92 Å². The first-order chi connectivity index (χ1) is 11.5. The van der Waals surface area contributed by atoms with Crippen molar-refractivity contribution < 1.29 is 9.21 Å². The van der Waals surface area contributed by atoms with Crippen LogP contribution in [-0.4, -0.2) is 30.2 Å². The molecule has 2 aromatic carbocycles. The van der Waals surface area contributed by atoms with E-state index in [9.17, 15) is 4.79 Å². The molecule has 1 amide bonds. The minimum atomic E-state index is -0.167. The van der Waals surface area contributed by atoms with Gasteiger partial charge in [-0.3, -0.25) is 4.79 Å². The Balaban J connectivity index is 1.77. The average molecular weight is 322 g/mol. The van der Waals surface area contributed by atoms with Crippen LogP contribution >= 0.6 is 0 Å². The zero-order valence-corrected chi connectivity index (χ0v) is 13.8. The van der Waals surface area contributed by atoms with Gasteiger partial charge >= 0.3 is 0 Å². The second kappa shape index (κ2) is 6.54. The van der Waals surface area contributed by atoms with Crippen molar-refractivity contribution in [1.29, 1.82) is 0 Å². The topological polar surface area (TPSA) is 71.3 Å². The van der Waals surface area contributed by atoms with Crippen molar-refractivity contribution in [2.75, 3.05) is 24.3 Å². The van der Waals surface area contributed by atoms with Crippen LogP contribution in [0.5, 0.6) is 0 Å². The number of hydrogen-bond acceptors (Lipinski definition) is 5. The molecule has 6 nitrogen and oxygen atoms in total. The molecule has 0 fully saturated rings. The first-order valence-corrected chi connectivity index (χ1v) is 7.52. The molecule has 0 atom stereocenters. The average Bonchev–Trinajstić information content (AvgIpc) is 3.02. The van der Waals surface area contributed by atoms with Crippen LogP contribution in [0.3, 0.4) is 0 Å². The van der Waals surface area contributed by atoms with Crippen molar-refractivity contribution in [3.8, 4) is 11.5 Å². The first kappa shape index (κ1) is 15.7. The van der Waals surface area contributed by atoms with Crippen molar-refractivity contribution in [2.24, 2.45) is 0 Å². The first-order valence-electron chi connectivity index (χ1n) is 7.52. The summed E-state index contributed by atoms with van der Waals surface area (Å²) in [6.07, 6.45) is 0. The van der Waals surface area contributed by atoms with E-state index in [1.54, 1.807) is 25.1 Å². The highest BCUT2D eigenvalue weighted by atomic mass is 16.4. The summed E-state index contributed by atoms with van der Waals surface area (Å²) in [4.78, 5) is 14.4. The zero-order valence-electron chi connectivity index (χ0n) is 13.8. The van der Waals surface area contributed by atoms with Gasteiger partial charge in [0.25, 0.3) is 5.91 Å². The van der Waals surface area contributed by atoms with Gasteiger partial charge in [-0.05, 0) is 42.5 Å². The van der Waals surface area contributed by atoms with Crippen LogP contribution in [0.25, 0.3) is 11.5 Å². The standard InChI is InChI=1S/C18H18N4O2/c1-12-20-21-18(24-12)14-5-4-6-15(11-14)19-17(23)13-7-9-16(10-8-13)22(2)3/h4-11H,1-3H3,(H,19,23). The SMILES string of the molecule is Cc1nnc(-c2cccc(NC(=O)c3ccc(N(C)C)cc3)c2)o1. The summed E-state index contributed by atoms with van der Waals surface area (Å²) in [5, 5.41) is 10.7. The van der Waals surface area contributed by atoms with Gasteiger partial charge in [0, 0.05) is 43.5 Å². The third kappa shape index (κ3) is 3.43. The third-order valence-electron chi connectivity index (χ3n) is 3.54. The zero-order chi connectivity index (χ0) is 17.1. The van der Waals surface area contributed by atoms with Crippen molar-refractivity contribution in [2.45, 2.75) is 6.92 Å². The van der Waals surface area contributed by atoms with E-state index in [2.05, 4.69) is 15.5 Å². The fraction of sp³-hybridized carbons (Fsp3) is 0.167. The fourth-order valence-corrected chi connectivity index (χ4v) is 2.26. The van der Waals surface area contributed by atoms with E-state index in [1.165, 1.54) is 0 Å². The van der Waals surface area contributed by atoms with E-state index in [0.29, 0.717) is 23.0 Å². The van der Waals surface area contributed by atoms with Crippen molar-refractivity contribution in [1.82, 2.24) is 10.2 Å². The summed E-state index contributed by atoms with van der Waals surface area (Å²) in [7, 11) is 3.92. The minimum absolute atomic E-state index is 0.167. The highest BCUT2D eigenvalue weighted by Gasteiger charge is 2.10. The fourth-order valence-electron chi connectivity index (χ4n) is 2.26. The van der Waals surface area contributed by atoms with Crippen LogP contribution in [0.2, 0.25) is 0 Å². The third-order valence-corrected chi connectivity index (χ3v) is 3.54. The van der Waals surface area contributed by atoms with Gasteiger partial charge in [-0.15, -0.1) is 10.2 Å². The summed E-state index contributed by atoms with van der Waals surface area (Å²) in [6, 6.07) is 14.7. The minimum Gasteiger partial charge on any atom is -0.421 e. The molecule has 1 aromatic heterocycles. The Hall–Kier alpha value is -3.15. The van der Waals surface area contributed by atoms with Gasteiger partial charge in [0.1, 0.15) is 0 Å². The Morgan fingerprint density at radius 3 is 2.46 bits per heavy atom. The number of aromatic nitrogens is 2. The van der Waals surface area contributed by atoms with Gasteiger partial charge in [-0.1, -0.05) is 6.07 Å². The van der Waals surface area contributed by atoms with E-state index >= 15 is 0 Å². The molecule has 0 aliphatic heterocycles. The number of carbonyl (C=O) groups excluding carboxylic acids is 1. The smallest absolute Gasteiger partial charge is 0.255 e. The number of rotatable bonds is 4. The predicted molar refractivity (Wildman–Crippen MR) is 93.2 cm³/mol. The maximum atomic E-state index is 12.4. The molecule has 122 valence electrons. The lowest BCUT2D eigenvalue weighted by molar-refractivity contribution is 0.102. The molecule has 1 N–H and O–H groups in total. The molecular formula is C18H18N4O2. The highest BCUT2D eigenvalue weighted by molar-refractivity contribution is 6.04. The van der Waals surface area contributed by atoms with Gasteiger partial charge in [-0.2, -0.15) is 0 Å². The van der Waals surface area contributed by atoms with Gasteiger partial charge < -0.3 is 14.6 Å². The number of nitrogens with zero attached hydrogens (tertiary/aromatic N) is 3. The summed E-state index contributed by atoms with van der Waals surface area (Å²) in [5.41, 5.74) is 3.07. The quantitative estimate of drug-likeness (QED) is 0.797. The molecule has 0 spiro atoms. The van der Waals surface area contributed by atoms with E-state index < -0.39 is 0 Å². The lowest BCUT2D eigenvalue weighted by atomic mass is 10.1. The Kier molecular flexibility index (Phi) is 4.29. The van der Waals surface area contributed by atoms with Crippen molar-refractivity contribution in [3.05, 3.63) is 60.0 Å². The molecular weight excluding hydrogens is 304 g/mol. The van der Waals surface area contributed by atoms with E-state index in [0.717, 1.165) is 11.3 Å². The summed E-state index contributed by atoms with van der Waals surface area (Å²) in [5.74, 6) is 0.763. The van der Waals surface area contributed by atoms with Crippen molar-refractivity contribution >= 4 is 17.3 Å². The van der Waals surface area contributed by atoms with E-state index in [-0.39, 0.29) is 5.91 Å². The summed E-state index contributed by atoms with van der Waals surface area (Å²) in [6.45, 7) is 1.74. The van der Waals surface area contributed by atoms with Crippen molar-refractivity contribution in [3.63, 3.8) is 0 Å². The molecule has 24 heavy (non-hydrogen) atoms. The monoisotopic (exact) mass is 322 g/mol.